The number of amides is 1. The van der Waals surface area contributed by atoms with Gasteiger partial charge >= 0.3 is 0 Å². The first kappa shape index (κ1) is 24.6. The maximum atomic E-state index is 13.8. The van der Waals surface area contributed by atoms with Crippen LogP contribution < -0.4 is 4.90 Å². The van der Waals surface area contributed by atoms with Crippen molar-refractivity contribution >= 4 is 42.6 Å². The Morgan fingerprint density at radius 3 is 2.31 bits per heavy atom. The number of anilines is 1. The Morgan fingerprint density at radius 1 is 0.972 bits per heavy atom. The number of ether oxygens (including phenoxy) is 1. The number of hydrogen-bond donors (Lipinski definition) is 0. The van der Waals surface area contributed by atoms with Crippen LogP contribution in [0.5, 0.6) is 0 Å². The molecular formula is C27H27N3O4S2. The second-order valence-corrected chi connectivity index (χ2v) is 11.7. The zero-order valence-corrected chi connectivity index (χ0v) is 21.8. The van der Waals surface area contributed by atoms with E-state index in [1.54, 1.807) is 17.0 Å². The van der Waals surface area contributed by atoms with Gasteiger partial charge in [0, 0.05) is 18.7 Å². The first-order valence-corrected chi connectivity index (χ1v) is 14.0. The molecule has 1 fully saturated rings. The summed E-state index contributed by atoms with van der Waals surface area (Å²) in [6.45, 7) is 5.82. The Hall–Kier alpha value is -3.11. The molecule has 2 heterocycles. The van der Waals surface area contributed by atoms with Gasteiger partial charge < -0.3 is 4.74 Å². The fraction of sp³-hybridized carbons (Fsp3) is 0.259. The molecule has 0 N–H and O–H groups in total. The third-order valence-corrected chi connectivity index (χ3v) is 9.43. The van der Waals surface area contributed by atoms with E-state index in [1.165, 1.54) is 27.8 Å². The molecule has 4 aromatic rings. The molecule has 0 bridgehead atoms. The second kappa shape index (κ2) is 10.1. The topological polar surface area (TPSA) is 79.8 Å². The number of thiazole rings is 1. The standard InChI is InChI=1S/C27H27N3O4S2/c1-19-8-9-20(2)25-24(19)28-27(35-25)30(18-21-6-4-3-5-7-21)26(31)22-10-12-23(13-11-22)36(32,33)29-14-16-34-17-15-29/h3-13H,14-18H2,1-2H3. The van der Waals surface area contributed by atoms with Crippen LogP contribution >= 0.6 is 11.3 Å². The zero-order chi connectivity index (χ0) is 25.3. The van der Waals surface area contributed by atoms with Gasteiger partial charge in [-0.25, -0.2) is 13.4 Å². The lowest BCUT2D eigenvalue weighted by atomic mass is 10.1. The van der Waals surface area contributed by atoms with Gasteiger partial charge in [-0.1, -0.05) is 53.8 Å². The number of carbonyl (C=O) groups excluding carboxylic acids is 1. The number of morpholine rings is 1. The summed E-state index contributed by atoms with van der Waals surface area (Å²) in [5.74, 6) is -0.233. The van der Waals surface area contributed by atoms with Crippen molar-refractivity contribution in [2.24, 2.45) is 0 Å². The van der Waals surface area contributed by atoms with Crippen LogP contribution in [-0.2, 0) is 21.3 Å². The van der Waals surface area contributed by atoms with E-state index >= 15 is 0 Å². The lowest BCUT2D eigenvalue weighted by Gasteiger charge is -2.26. The molecule has 0 atom stereocenters. The number of fused-ring (bicyclic) bond motifs is 1. The molecule has 1 aliphatic rings. The van der Waals surface area contributed by atoms with E-state index in [0.717, 1.165) is 26.9 Å². The summed E-state index contributed by atoms with van der Waals surface area (Å²) in [6.07, 6.45) is 0. The number of aryl methyl sites for hydroxylation is 2. The third kappa shape index (κ3) is 4.79. The molecule has 1 saturated heterocycles. The molecule has 36 heavy (non-hydrogen) atoms. The molecule has 9 heteroatoms. The Bertz CT molecular complexity index is 1450. The zero-order valence-electron chi connectivity index (χ0n) is 20.2. The van der Waals surface area contributed by atoms with Crippen LogP contribution in [0.15, 0.2) is 71.6 Å². The Labute approximate surface area is 215 Å². The molecule has 0 radical (unpaired) electrons. The van der Waals surface area contributed by atoms with Crippen LogP contribution in [0.2, 0.25) is 0 Å². The minimum Gasteiger partial charge on any atom is -0.379 e. The van der Waals surface area contributed by atoms with E-state index in [-0.39, 0.29) is 10.8 Å². The monoisotopic (exact) mass is 521 g/mol. The number of aromatic nitrogens is 1. The van der Waals surface area contributed by atoms with E-state index in [0.29, 0.717) is 43.5 Å². The van der Waals surface area contributed by atoms with Gasteiger partial charge in [-0.15, -0.1) is 0 Å². The summed E-state index contributed by atoms with van der Waals surface area (Å²) < 4.78 is 33.7. The van der Waals surface area contributed by atoms with Crippen molar-refractivity contribution in [1.29, 1.82) is 0 Å². The Balaban J connectivity index is 1.49. The maximum absolute atomic E-state index is 13.8. The molecule has 0 aliphatic carbocycles. The Morgan fingerprint density at radius 2 is 1.64 bits per heavy atom. The van der Waals surface area contributed by atoms with Gasteiger partial charge in [0.05, 0.1) is 34.9 Å². The molecule has 0 saturated carbocycles. The van der Waals surface area contributed by atoms with Crippen LogP contribution in [0.4, 0.5) is 5.13 Å². The largest absolute Gasteiger partial charge is 0.379 e. The number of hydrogen-bond acceptors (Lipinski definition) is 6. The first-order valence-electron chi connectivity index (χ1n) is 11.7. The highest BCUT2D eigenvalue weighted by atomic mass is 32.2. The molecule has 1 aromatic heterocycles. The molecule has 0 unspecified atom stereocenters. The summed E-state index contributed by atoms with van der Waals surface area (Å²) in [7, 11) is -3.63. The van der Waals surface area contributed by atoms with E-state index in [4.69, 9.17) is 9.72 Å². The minimum atomic E-state index is -3.63. The number of benzene rings is 3. The molecular weight excluding hydrogens is 494 g/mol. The Kier molecular flexibility index (Phi) is 6.90. The van der Waals surface area contributed by atoms with E-state index in [1.807, 2.05) is 50.2 Å². The molecule has 5 rings (SSSR count). The average Bonchev–Trinajstić information content (AvgIpc) is 3.37. The fourth-order valence-electron chi connectivity index (χ4n) is 4.22. The van der Waals surface area contributed by atoms with Crippen molar-refractivity contribution < 1.29 is 17.9 Å². The summed E-state index contributed by atoms with van der Waals surface area (Å²) >= 11 is 1.49. The van der Waals surface area contributed by atoms with Crippen LogP contribution in [0.3, 0.4) is 0 Å². The summed E-state index contributed by atoms with van der Waals surface area (Å²) in [5.41, 5.74) is 4.45. The molecule has 186 valence electrons. The van der Waals surface area contributed by atoms with Gasteiger partial charge in [-0.05, 0) is 54.8 Å². The molecule has 1 aliphatic heterocycles. The van der Waals surface area contributed by atoms with Crippen molar-refractivity contribution in [2.75, 3.05) is 31.2 Å². The fourth-order valence-corrected chi connectivity index (χ4v) is 6.73. The van der Waals surface area contributed by atoms with E-state index in [9.17, 15) is 13.2 Å². The maximum Gasteiger partial charge on any atom is 0.260 e. The van der Waals surface area contributed by atoms with Gasteiger partial charge in [0.1, 0.15) is 0 Å². The quantitative estimate of drug-likeness (QED) is 0.365. The number of rotatable bonds is 6. The normalized spacial score (nSPS) is 14.7. The number of sulfonamides is 1. The van der Waals surface area contributed by atoms with E-state index < -0.39 is 10.0 Å². The molecule has 0 spiro atoms. The number of carbonyl (C=O) groups is 1. The second-order valence-electron chi connectivity index (χ2n) is 8.79. The highest BCUT2D eigenvalue weighted by Crippen LogP contribution is 2.34. The van der Waals surface area contributed by atoms with Crippen LogP contribution in [0, 0.1) is 13.8 Å². The number of nitrogens with zero attached hydrogens (tertiary/aromatic N) is 3. The highest BCUT2D eigenvalue weighted by molar-refractivity contribution is 7.89. The van der Waals surface area contributed by atoms with Crippen molar-refractivity contribution in [3.8, 4) is 0 Å². The van der Waals surface area contributed by atoms with E-state index in [2.05, 4.69) is 6.07 Å². The van der Waals surface area contributed by atoms with Crippen molar-refractivity contribution in [3.63, 3.8) is 0 Å². The molecule has 7 nitrogen and oxygen atoms in total. The minimum absolute atomic E-state index is 0.168. The third-order valence-electron chi connectivity index (χ3n) is 6.30. The lowest BCUT2D eigenvalue weighted by Crippen LogP contribution is -2.40. The van der Waals surface area contributed by atoms with Crippen LogP contribution in [0.1, 0.15) is 27.0 Å². The van der Waals surface area contributed by atoms with Gasteiger partial charge in [0.25, 0.3) is 5.91 Å². The van der Waals surface area contributed by atoms with Gasteiger partial charge in [0.2, 0.25) is 10.0 Å². The summed E-state index contributed by atoms with van der Waals surface area (Å²) in [6, 6.07) is 20.0. The average molecular weight is 522 g/mol. The highest BCUT2D eigenvalue weighted by Gasteiger charge is 2.27. The first-order chi connectivity index (χ1) is 17.3. The molecule has 1 amide bonds. The van der Waals surface area contributed by atoms with Crippen LogP contribution in [0.25, 0.3) is 10.2 Å². The lowest BCUT2D eigenvalue weighted by molar-refractivity contribution is 0.0730. The summed E-state index contributed by atoms with van der Waals surface area (Å²) in [5, 5.41) is 0.612. The SMILES string of the molecule is Cc1ccc(C)c2sc(N(Cc3ccccc3)C(=O)c3ccc(S(=O)(=O)N4CCOCC4)cc3)nc12. The summed E-state index contributed by atoms with van der Waals surface area (Å²) in [4.78, 5) is 20.5. The van der Waals surface area contributed by atoms with Gasteiger partial charge in [-0.2, -0.15) is 4.31 Å². The van der Waals surface area contributed by atoms with Crippen LogP contribution in [-0.4, -0.2) is 49.9 Å². The van der Waals surface area contributed by atoms with Crippen molar-refractivity contribution in [2.45, 2.75) is 25.3 Å². The van der Waals surface area contributed by atoms with Gasteiger partial charge in [0.15, 0.2) is 5.13 Å². The predicted molar refractivity (Wildman–Crippen MR) is 142 cm³/mol. The molecule has 3 aromatic carbocycles. The van der Waals surface area contributed by atoms with Gasteiger partial charge in [-0.3, -0.25) is 9.69 Å². The smallest absolute Gasteiger partial charge is 0.260 e. The predicted octanol–water partition coefficient (Wildman–Crippen LogP) is 4.78. The van der Waals surface area contributed by atoms with Crippen molar-refractivity contribution in [1.82, 2.24) is 9.29 Å². The van der Waals surface area contributed by atoms with Crippen molar-refractivity contribution in [3.05, 3.63) is 89.0 Å².